The number of piperazine rings is 1. The molecule has 6 nitrogen and oxygen atoms in total. The first-order valence-corrected chi connectivity index (χ1v) is 9.32. The normalized spacial score (nSPS) is 16.5. The van der Waals surface area contributed by atoms with Gasteiger partial charge in [-0.3, -0.25) is 4.90 Å². The molecule has 1 atom stereocenters. The van der Waals surface area contributed by atoms with Crippen molar-refractivity contribution in [3.8, 4) is 5.75 Å². The molecule has 6 heteroatoms. The molecule has 1 aliphatic rings. The lowest BCUT2D eigenvalue weighted by atomic mass is 10.0. The van der Waals surface area contributed by atoms with E-state index in [1.54, 1.807) is 7.11 Å². The molecular weight excluding hydrogens is 340 g/mol. The molecule has 1 saturated heterocycles. The molecule has 3 rings (SSSR count). The number of likely N-dealkylation sites (N-methyl/N-ethyl adjacent to an activating group) is 1. The van der Waals surface area contributed by atoms with E-state index in [4.69, 9.17) is 4.74 Å². The third kappa shape index (κ3) is 5.45. The molecule has 2 amide bonds. The summed E-state index contributed by atoms with van der Waals surface area (Å²) >= 11 is 0. The molecule has 0 bridgehead atoms. The summed E-state index contributed by atoms with van der Waals surface area (Å²) in [5, 5.41) is 5.91. The Labute approximate surface area is 161 Å². The zero-order valence-electron chi connectivity index (χ0n) is 16.0. The van der Waals surface area contributed by atoms with Crippen LogP contribution in [0.15, 0.2) is 54.6 Å². The fourth-order valence-electron chi connectivity index (χ4n) is 3.30. The maximum atomic E-state index is 12.3. The molecule has 2 aromatic carbocycles. The van der Waals surface area contributed by atoms with Crippen molar-refractivity contribution >= 4 is 11.7 Å². The van der Waals surface area contributed by atoms with Crippen molar-refractivity contribution in [3.05, 3.63) is 60.2 Å². The van der Waals surface area contributed by atoms with Gasteiger partial charge in [-0.05, 0) is 36.9 Å². The fraction of sp³-hybridized carbons (Fsp3) is 0.381. The van der Waals surface area contributed by atoms with Crippen molar-refractivity contribution in [2.45, 2.75) is 6.04 Å². The topological polar surface area (TPSA) is 56.8 Å². The summed E-state index contributed by atoms with van der Waals surface area (Å²) in [5.41, 5.74) is 1.97. The molecule has 1 heterocycles. The number of hydrogen-bond donors (Lipinski definition) is 2. The van der Waals surface area contributed by atoms with E-state index in [1.807, 2.05) is 42.5 Å². The summed E-state index contributed by atoms with van der Waals surface area (Å²) < 4.78 is 5.27. The minimum atomic E-state index is -0.186. The van der Waals surface area contributed by atoms with E-state index < -0.39 is 0 Å². The number of benzene rings is 2. The van der Waals surface area contributed by atoms with Gasteiger partial charge in [0, 0.05) is 38.4 Å². The van der Waals surface area contributed by atoms with Gasteiger partial charge in [0.25, 0.3) is 0 Å². The number of carbonyl (C=O) groups excluding carboxylic acids is 1. The fourth-order valence-corrected chi connectivity index (χ4v) is 3.30. The highest BCUT2D eigenvalue weighted by molar-refractivity contribution is 5.89. The molecule has 0 saturated carbocycles. The Balaban J connectivity index is 1.66. The Hall–Kier alpha value is -2.57. The van der Waals surface area contributed by atoms with E-state index in [1.165, 1.54) is 5.56 Å². The highest BCUT2D eigenvalue weighted by Crippen LogP contribution is 2.24. The van der Waals surface area contributed by atoms with Crippen LogP contribution >= 0.6 is 0 Å². The molecule has 0 aliphatic carbocycles. The zero-order chi connectivity index (χ0) is 19.1. The summed E-state index contributed by atoms with van der Waals surface area (Å²) in [6.07, 6.45) is 0. The van der Waals surface area contributed by atoms with Crippen LogP contribution in [0.1, 0.15) is 11.6 Å². The quantitative estimate of drug-likeness (QED) is 0.823. The first-order valence-electron chi connectivity index (χ1n) is 9.32. The zero-order valence-corrected chi connectivity index (χ0v) is 16.0. The van der Waals surface area contributed by atoms with Crippen LogP contribution in [-0.2, 0) is 0 Å². The molecule has 0 radical (unpaired) electrons. The number of anilines is 1. The van der Waals surface area contributed by atoms with Crippen molar-refractivity contribution in [1.82, 2.24) is 15.1 Å². The summed E-state index contributed by atoms with van der Waals surface area (Å²) in [5.74, 6) is 0.839. The number of urea groups is 1. The standard InChI is InChI=1S/C21H28N4O2/c1-24-12-14-25(15-13-24)20(17-8-10-19(27-2)11-9-17)16-22-21(26)23-18-6-4-3-5-7-18/h3-11,20H,12-16H2,1-2H3,(H2,22,23,26)/t20-/m0/s1. The number of rotatable bonds is 6. The summed E-state index contributed by atoms with van der Waals surface area (Å²) in [4.78, 5) is 17.1. The maximum absolute atomic E-state index is 12.3. The van der Waals surface area contributed by atoms with Crippen molar-refractivity contribution in [2.75, 3.05) is 52.2 Å². The highest BCUT2D eigenvalue weighted by atomic mass is 16.5. The van der Waals surface area contributed by atoms with Crippen LogP contribution in [0.4, 0.5) is 10.5 Å². The second-order valence-electron chi connectivity index (χ2n) is 6.83. The molecule has 1 aliphatic heterocycles. The molecule has 0 spiro atoms. The Morgan fingerprint density at radius 2 is 1.70 bits per heavy atom. The van der Waals surface area contributed by atoms with Crippen molar-refractivity contribution in [1.29, 1.82) is 0 Å². The second kappa shape index (κ2) is 9.39. The molecule has 2 aromatic rings. The highest BCUT2D eigenvalue weighted by Gasteiger charge is 2.24. The van der Waals surface area contributed by atoms with E-state index in [9.17, 15) is 4.79 Å². The van der Waals surface area contributed by atoms with Gasteiger partial charge < -0.3 is 20.3 Å². The summed E-state index contributed by atoms with van der Waals surface area (Å²) in [7, 11) is 3.81. The first-order chi connectivity index (χ1) is 13.2. The smallest absolute Gasteiger partial charge is 0.319 e. The van der Waals surface area contributed by atoms with Gasteiger partial charge >= 0.3 is 6.03 Å². The largest absolute Gasteiger partial charge is 0.497 e. The third-order valence-electron chi connectivity index (χ3n) is 4.97. The Kier molecular flexibility index (Phi) is 6.68. The van der Waals surface area contributed by atoms with Crippen molar-refractivity contribution < 1.29 is 9.53 Å². The number of carbonyl (C=O) groups is 1. The number of methoxy groups -OCH3 is 1. The van der Waals surface area contributed by atoms with Crippen molar-refractivity contribution in [3.63, 3.8) is 0 Å². The lowest BCUT2D eigenvalue weighted by molar-refractivity contribution is 0.111. The van der Waals surface area contributed by atoms with Gasteiger partial charge in [0.05, 0.1) is 13.2 Å². The van der Waals surface area contributed by atoms with E-state index in [0.717, 1.165) is 37.6 Å². The van der Waals surface area contributed by atoms with E-state index >= 15 is 0 Å². The predicted molar refractivity (Wildman–Crippen MR) is 108 cm³/mol. The van der Waals surface area contributed by atoms with E-state index in [0.29, 0.717) is 6.54 Å². The predicted octanol–water partition coefficient (Wildman–Crippen LogP) is 2.81. The number of para-hydroxylation sites is 1. The van der Waals surface area contributed by atoms with Crippen LogP contribution in [0.5, 0.6) is 5.75 Å². The van der Waals surface area contributed by atoms with Crippen LogP contribution in [0.25, 0.3) is 0 Å². The van der Waals surface area contributed by atoms with Gasteiger partial charge in [-0.25, -0.2) is 4.79 Å². The van der Waals surface area contributed by atoms with Crippen LogP contribution < -0.4 is 15.4 Å². The monoisotopic (exact) mass is 368 g/mol. The van der Waals surface area contributed by atoms with Gasteiger partial charge in [-0.2, -0.15) is 0 Å². The van der Waals surface area contributed by atoms with Gasteiger partial charge in [-0.1, -0.05) is 30.3 Å². The van der Waals surface area contributed by atoms with E-state index in [2.05, 4.69) is 39.6 Å². The minimum absolute atomic E-state index is 0.131. The van der Waals surface area contributed by atoms with Crippen LogP contribution in [-0.4, -0.2) is 62.7 Å². The number of hydrogen-bond acceptors (Lipinski definition) is 4. The summed E-state index contributed by atoms with van der Waals surface area (Å²) in [6.45, 7) is 4.57. The molecular formula is C21H28N4O2. The third-order valence-corrected chi connectivity index (χ3v) is 4.97. The van der Waals surface area contributed by atoms with Crippen molar-refractivity contribution in [2.24, 2.45) is 0 Å². The SMILES string of the molecule is COc1ccc([C@H](CNC(=O)Nc2ccccc2)N2CCN(C)CC2)cc1. The molecule has 27 heavy (non-hydrogen) atoms. The number of nitrogens with one attached hydrogen (secondary N) is 2. The maximum Gasteiger partial charge on any atom is 0.319 e. The molecule has 0 unspecified atom stereocenters. The number of amides is 2. The molecule has 0 aromatic heterocycles. The van der Waals surface area contributed by atoms with E-state index in [-0.39, 0.29) is 12.1 Å². The van der Waals surface area contributed by atoms with Gasteiger partial charge in [0.15, 0.2) is 0 Å². The average Bonchev–Trinajstić information content (AvgIpc) is 2.70. The Morgan fingerprint density at radius 1 is 1.04 bits per heavy atom. The lowest BCUT2D eigenvalue weighted by Gasteiger charge is -2.38. The second-order valence-corrected chi connectivity index (χ2v) is 6.83. The summed E-state index contributed by atoms with van der Waals surface area (Å²) in [6, 6.07) is 17.5. The van der Waals surface area contributed by atoms with Gasteiger partial charge in [-0.15, -0.1) is 0 Å². The lowest BCUT2D eigenvalue weighted by Crippen LogP contribution is -2.48. The Bertz CT molecular complexity index is 713. The average molecular weight is 368 g/mol. The van der Waals surface area contributed by atoms with Gasteiger partial charge in [0.1, 0.15) is 5.75 Å². The van der Waals surface area contributed by atoms with Crippen LogP contribution in [0.3, 0.4) is 0 Å². The number of nitrogens with zero attached hydrogens (tertiary/aromatic N) is 2. The minimum Gasteiger partial charge on any atom is -0.497 e. The van der Waals surface area contributed by atoms with Gasteiger partial charge in [0.2, 0.25) is 0 Å². The number of ether oxygens (including phenoxy) is 1. The molecule has 2 N–H and O–H groups in total. The Morgan fingerprint density at radius 3 is 2.33 bits per heavy atom. The molecule has 1 fully saturated rings. The first kappa shape index (κ1) is 19.2. The van der Waals surface area contributed by atoms with Crippen LogP contribution in [0, 0.1) is 0 Å². The van der Waals surface area contributed by atoms with Crippen LogP contribution in [0.2, 0.25) is 0 Å². The molecule has 144 valence electrons.